The van der Waals surface area contributed by atoms with Gasteiger partial charge in [0.15, 0.2) is 0 Å². The predicted molar refractivity (Wildman–Crippen MR) is 69.5 cm³/mol. The van der Waals surface area contributed by atoms with Crippen molar-refractivity contribution in [3.05, 3.63) is 35.9 Å². The first-order chi connectivity index (χ1) is 9.29. The second-order valence-electron chi connectivity index (χ2n) is 4.53. The number of carbonyl (C=O) groups is 1. The normalized spacial score (nSPS) is 23.0. The van der Waals surface area contributed by atoms with E-state index in [1.165, 1.54) is 0 Å². The molecule has 5 heteroatoms. The van der Waals surface area contributed by atoms with Crippen molar-refractivity contribution in [3.63, 3.8) is 0 Å². The number of aliphatic hydroxyl groups excluding tert-OH is 1. The molecule has 0 aromatic heterocycles. The topological polar surface area (TPSA) is 67.8 Å². The number of hydrogen-bond acceptors (Lipinski definition) is 4. The molecule has 2 rings (SSSR count). The van der Waals surface area contributed by atoms with Crippen LogP contribution in [0.5, 0.6) is 0 Å². The number of carbonyl (C=O) groups excluding carboxylic acids is 1. The molecule has 1 fully saturated rings. The number of benzene rings is 1. The van der Waals surface area contributed by atoms with Gasteiger partial charge in [0, 0.05) is 6.61 Å². The largest absolute Gasteiger partial charge is 0.387 e. The summed E-state index contributed by atoms with van der Waals surface area (Å²) in [6.45, 7) is 1.05. The minimum atomic E-state index is -0.497. The van der Waals surface area contributed by atoms with Crippen LogP contribution in [0.1, 0.15) is 12.0 Å². The molecule has 1 aromatic carbocycles. The van der Waals surface area contributed by atoms with Gasteiger partial charge in [-0.3, -0.25) is 4.79 Å². The fourth-order valence-corrected chi connectivity index (χ4v) is 2.07. The maximum atomic E-state index is 11.2. The van der Waals surface area contributed by atoms with Crippen molar-refractivity contribution in [2.45, 2.75) is 25.2 Å². The monoisotopic (exact) mass is 265 g/mol. The summed E-state index contributed by atoms with van der Waals surface area (Å²) in [5, 5.41) is 11.5. The number of ether oxygens (including phenoxy) is 2. The third-order valence-corrected chi connectivity index (χ3v) is 3.10. The first-order valence-electron chi connectivity index (χ1n) is 6.43. The van der Waals surface area contributed by atoms with Gasteiger partial charge in [0.25, 0.3) is 0 Å². The van der Waals surface area contributed by atoms with E-state index < -0.39 is 6.61 Å². The zero-order valence-corrected chi connectivity index (χ0v) is 10.7. The van der Waals surface area contributed by atoms with Crippen LogP contribution in [0.25, 0.3) is 0 Å². The van der Waals surface area contributed by atoms with Gasteiger partial charge >= 0.3 is 0 Å². The summed E-state index contributed by atoms with van der Waals surface area (Å²) in [4.78, 5) is 11.2. The fourth-order valence-electron chi connectivity index (χ4n) is 2.07. The lowest BCUT2D eigenvalue weighted by Crippen LogP contribution is -2.50. The molecule has 0 radical (unpaired) electrons. The van der Waals surface area contributed by atoms with E-state index in [2.05, 4.69) is 5.32 Å². The van der Waals surface area contributed by atoms with Crippen LogP contribution < -0.4 is 5.32 Å². The van der Waals surface area contributed by atoms with Gasteiger partial charge in [-0.25, -0.2) is 0 Å². The molecule has 5 nitrogen and oxygen atoms in total. The van der Waals surface area contributed by atoms with Crippen molar-refractivity contribution in [3.8, 4) is 0 Å². The van der Waals surface area contributed by atoms with E-state index in [9.17, 15) is 4.79 Å². The maximum absolute atomic E-state index is 11.2. The van der Waals surface area contributed by atoms with Gasteiger partial charge < -0.3 is 19.9 Å². The lowest BCUT2D eigenvalue weighted by atomic mass is 10.1. The molecule has 0 bridgehead atoms. The van der Waals surface area contributed by atoms with E-state index in [0.29, 0.717) is 26.2 Å². The Labute approximate surface area is 112 Å². The Bertz CT molecular complexity index is 396. The minimum Gasteiger partial charge on any atom is -0.387 e. The number of rotatable bonds is 5. The molecule has 2 N–H and O–H groups in total. The third kappa shape index (κ3) is 4.31. The predicted octanol–water partition coefficient (Wildman–Crippen LogP) is 0.469. The molecule has 1 aromatic rings. The van der Waals surface area contributed by atoms with Gasteiger partial charge in [-0.1, -0.05) is 30.3 Å². The van der Waals surface area contributed by atoms with Crippen molar-refractivity contribution in [2.75, 3.05) is 19.8 Å². The van der Waals surface area contributed by atoms with Crippen LogP contribution in [-0.2, 0) is 20.9 Å². The van der Waals surface area contributed by atoms with Gasteiger partial charge in [-0.05, 0) is 12.0 Å². The smallest absolute Gasteiger partial charge is 0.246 e. The van der Waals surface area contributed by atoms with Crippen molar-refractivity contribution in [1.82, 2.24) is 5.32 Å². The first-order valence-corrected chi connectivity index (χ1v) is 6.43. The summed E-state index contributed by atoms with van der Waals surface area (Å²) in [5.41, 5.74) is 1.08. The summed E-state index contributed by atoms with van der Waals surface area (Å²) in [6, 6.07) is 9.76. The van der Waals surface area contributed by atoms with Crippen LogP contribution in [0.3, 0.4) is 0 Å². The lowest BCUT2D eigenvalue weighted by molar-refractivity contribution is -0.129. The number of nitrogens with one attached hydrogen (secondary N) is 1. The van der Waals surface area contributed by atoms with Gasteiger partial charge in [0.2, 0.25) is 5.91 Å². The highest BCUT2D eigenvalue weighted by atomic mass is 16.5. The molecule has 1 saturated heterocycles. The summed E-state index contributed by atoms with van der Waals surface area (Å²) < 4.78 is 11.2. The average Bonchev–Trinajstić information content (AvgIpc) is 2.47. The van der Waals surface area contributed by atoms with E-state index in [4.69, 9.17) is 14.6 Å². The van der Waals surface area contributed by atoms with Crippen molar-refractivity contribution in [2.24, 2.45) is 0 Å². The zero-order valence-electron chi connectivity index (χ0n) is 10.7. The van der Waals surface area contributed by atoms with Crippen LogP contribution in [0.15, 0.2) is 30.3 Å². The number of amides is 1. The molecular weight excluding hydrogens is 246 g/mol. The Balaban J connectivity index is 1.87. The maximum Gasteiger partial charge on any atom is 0.246 e. The number of aliphatic hydroxyl groups is 1. The average molecular weight is 265 g/mol. The molecule has 0 aliphatic carbocycles. The van der Waals surface area contributed by atoms with Gasteiger partial charge in [0.1, 0.15) is 12.7 Å². The quantitative estimate of drug-likeness (QED) is 0.812. The van der Waals surface area contributed by atoms with Crippen LogP contribution in [0.4, 0.5) is 0 Å². The van der Waals surface area contributed by atoms with Crippen molar-refractivity contribution >= 4 is 5.91 Å². The van der Waals surface area contributed by atoms with E-state index in [-0.39, 0.29) is 18.1 Å². The molecule has 1 amide bonds. The highest BCUT2D eigenvalue weighted by Gasteiger charge is 2.27. The number of hydrogen-bond donors (Lipinski definition) is 2. The molecule has 1 aliphatic rings. The van der Waals surface area contributed by atoms with E-state index in [1.54, 1.807) is 0 Å². The summed E-state index contributed by atoms with van der Waals surface area (Å²) >= 11 is 0. The summed E-state index contributed by atoms with van der Waals surface area (Å²) in [5.74, 6) is -0.375. The third-order valence-electron chi connectivity index (χ3n) is 3.10. The fraction of sp³-hybridized carbons (Fsp3) is 0.500. The molecule has 0 unspecified atom stereocenters. The van der Waals surface area contributed by atoms with Crippen LogP contribution in [0, 0.1) is 0 Å². The molecule has 0 spiro atoms. The second kappa shape index (κ2) is 7.23. The molecule has 19 heavy (non-hydrogen) atoms. The van der Waals surface area contributed by atoms with Gasteiger partial charge in [-0.2, -0.15) is 0 Å². The van der Waals surface area contributed by atoms with Gasteiger partial charge in [-0.15, -0.1) is 0 Å². The Morgan fingerprint density at radius 2 is 2.21 bits per heavy atom. The van der Waals surface area contributed by atoms with Crippen molar-refractivity contribution in [1.29, 1.82) is 0 Å². The molecule has 1 aliphatic heterocycles. The summed E-state index contributed by atoms with van der Waals surface area (Å²) in [7, 11) is 0. The van der Waals surface area contributed by atoms with E-state index >= 15 is 0 Å². The van der Waals surface area contributed by atoms with Crippen LogP contribution in [0.2, 0.25) is 0 Å². The van der Waals surface area contributed by atoms with Crippen LogP contribution >= 0.6 is 0 Å². The summed E-state index contributed by atoms with van der Waals surface area (Å²) in [6.07, 6.45) is 0.523. The Kier molecular flexibility index (Phi) is 5.32. The van der Waals surface area contributed by atoms with Gasteiger partial charge in [0.05, 0.1) is 19.3 Å². The molecule has 104 valence electrons. The molecule has 2 atom stereocenters. The highest BCUT2D eigenvalue weighted by molar-refractivity contribution is 5.77. The van der Waals surface area contributed by atoms with E-state index in [0.717, 1.165) is 5.56 Å². The highest BCUT2D eigenvalue weighted by Crippen LogP contribution is 2.13. The molecular formula is C14H19NO4. The van der Waals surface area contributed by atoms with Crippen LogP contribution in [-0.4, -0.2) is 43.0 Å². The standard InChI is InChI=1S/C14H19NO4/c16-8-14(17)15-12-6-7-18-10-13(12)19-9-11-4-2-1-3-5-11/h1-5,12-13,16H,6-10H2,(H,15,17)/t12-,13-/m1/s1. The van der Waals surface area contributed by atoms with Crippen molar-refractivity contribution < 1.29 is 19.4 Å². The Morgan fingerprint density at radius 3 is 2.95 bits per heavy atom. The Morgan fingerprint density at radius 1 is 1.42 bits per heavy atom. The first kappa shape index (κ1) is 14.0. The molecule has 1 heterocycles. The lowest BCUT2D eigenvalue weighted by Gasteiger charge is -2.32. The minimum absolute atomic E-state index is 0.0999. The second-order valence-corrected chi connectivity index (χ2v) is 4.53. The SMILES string of the molecule is O=C(CO)N[C@@H]1CCOC[C@H]1OCc1ccccc1. The zero-order chi connectivity index (χ0) is 13.5. The van der Waals surface area contributed by atoms with E-state index in [1.807, 2.05) is 30.3 Å². The molecule has 0 saturated carbocycles. The Hall–Kier alpha value is -1.43.